The second kappa shape index (κ2) is 6.76. The van der Waals surface area contributed by atoms with E-state index in [1.54, 1.807) is 0 Å². The van der Waals surface area contributed by atoms with Crippen LogP contribution in [0.4, 0.5) is 13.2 Å². The standard InChI is InChI=1S/C17H18F3N/c1-2-13-3-5-14(6-4-13)11-21-12-15-7-9-16(10-8-15)17(18,19)20/h3-10,21H,2,11-12H2,1H3. The predicted octanol–water partition coefficient (Wildman–Crippen LogP) is 4.56. The number of benzene rings is 2. The Hall–Kier alpha value is -1.81. The molecule has 112 valence electrons. The molecule has 21 heavy (non-hydrogen) atoms. The van der Waals surface area contributed by atoms with Gasteiger partial charge in [-0.2, -0.15) is 13.2 Å². The third-order valence-electron chi connectivity index (χ3n) is 3.37. The summed E-state index contributed by atoms with van der Waals surface area (Å²) in [7, 11) is 0. The van der Waals surface area contributed by atoms with Crippen LogP contribution < -0.4 is 5.32 Å². The lowest BCUT2D eigenvalue weighted by Gasteiger charge is -2.09. The third kappa shape index (κ3) is 4.60. The first kappa shape index (κ1) is 15.6. The molecule has 0 bridgehead atoms. The molecule has 0 aliphatic rings. The van der Waals surface area contributed by atoms with Crippen LogP contribution in [0.2, 0.25) is 0 Å². The number of rotatable bonds is 5. The summed E-state index contributed by atoms with van der Waals surface area (Å²) in [5.41, 5.74) is 2.69. The van der Waals surface area contributed by atoms with Crippen molar-refractivity contribution in [3.63, 3.8) is 0 Å². The highest BCUT2D eigenvalue weighted by molar-refractivity contribution is 5.25. The van der Waals surface area contributed by atoms with Gasteiger partial charge in [-0.25, -0.2) is 0 Å². The monoisotopic (exact) mass is 293 g/mol. The SMILES string of the molecule is CCc1ccc(CNCc2ccc(C(F)(F)F)cc2)cc1. The van der Waals surface area contributed by atoms with Gasteiger partial charge in [0.15, 0.2) is 0 Å². The zero-order chi connectivity index (χ0) is 15.3. The normalized spacial score (nSPS) is 11.6. The summed E-state index contributed by atoms with van der Waals surface area (Å²) in [4.78, 5) is 0. The van der Waals surface area contributed by atoms with Crippen molar-refractivity contribution < 1.29 is 13.2 Å². The lowest BCUT2D eigenvalue weighted by atomic mass is 10.1. The Morgan fingerprint density at radius 2 is 1.19 bits per heavy atom. The van der Waals surface area contributed by atoms with Gasteiger partial charge in [-0.15, -0.1) is 0 Å². The van der Waals surface area contributed by atoms with Gasteiger partial charge >= 0.3 is 6.18 Å². The van der Waals surface area contributed by atoms with Crippen molar-refractivity contribution >= 4 is 0 Å². The Balaban J connectivity index is 1.85. The van der Waals surface area contributed by atoms with E-state index < -0.39 is 11.7 Å². The van der Waals surface area contributed by atoms with Crippen LogP contribution in [0.1, 0.15) is 29.2 Å². The number of halogens is 3. The van der Waals surface area contributed by atoms with Gasteiger partial charge in [0.1, 0.15) is 0 Å². The molecule has 0 amide bonds. The molecular weight excluding hydrogens is 275 g/mol. The highest BCUT2D eigenvalue weighted by Gasteiger charge is 2.29. The van der Waals surface area contributed by atoms with Gasteiger partial charge in [-0.05, 0) is 35.2 Å². The van der Waals surface area contributed by atoms with Crippen molar-refractivity contribution in [1.82, 2.24) is 5.32 Å². The molecule has 0 saturated carbocycles. The van der Waals surface area contributed by atoms with E-state index in [1.165, 1.54) is 23.3 Å². The van der Waals surface area contributed by atoms with Crippen molar-refractivity contribution in [2.24, 2.45) is 0 Å². The molecular formula is C17H18F3N. The zero-order valence-corrected chi connectivity index (χ0v) is 11.9. The van der Waals surface area contributed by atoms with Gasteiger partial charge in [0.2, 0.25) is 0 Å². The third-order valence-corrected chi connectivity index (χ3v) is 3.37. The molecule has 2 aromatic rings. The molecule has 4 heteroatoms. The molecule has 2 rings (SSSR count). The van der Waals surface area contributed by atoms with Gasteiger partial charge in [0.05, 0.1) is 5.56 Å². The zero-order valence-electron chi connectivity index (χ0n) is 11.9. The van der Waals surface area contributed by atoms with Crippen LogP contribution in [0, 0.1) is 0 Å². The van der Waals surface area contributed by atoms with E-state index in [9.17, 15) is 13.2 Å². The summed E-state index contributed by atoms with van der Waals surface area (Å²) in [6.45, 7) is 3.36. The Morgan fingerprint density at radius 3 is 1.62 bits per heavy atom. The molecule has 0 saturated heterocycles. The van der Waals surface area contributed by atoms with E-state index in [0.717, 1.165) is 24.1 Å². The predicted molar refractivity (Wildman–Crippen MR) is 77.8 cm³/mol. The van der Waals surface area contributed by atoms with Crippen LogP contribution in [-0.4, -0.2) is 0 Å². The van der Waals surface area contributed by atoms with Gasteiger partial charge in [-0.1, -0.05) is 43.3 Å². The number of hydrogen-bond donors (Lipinski definition) is 1. The molecule has 0 heterocycles. The molecule has 0 unspecified atom stereocenters. The van der Waals surface area contributed by atoms with Crippen molar-refractivity contribution in [2.45, 2.75) is 32.6 Å². The molecule has 0 spiro atoms. The maximum atomic E-state index is 12.4. The summed E-state index contributed by atoms with van der Waals surface area (Å²) in [6, 6.07) is 13.6. The molecule has 1 nitrogen and oxygen atoms in total. The Bertz CT molecular complexity index is 556. The summed E-state index contributed by atoms with van der Waals surface area (Å²) in [5, 5.41) is 3.23. The molecule has 0 aromatic heterocycles. The first-order valence-corrected chi connectivity index (χ1v) is 6.93. The van der Waals surface area contributed by atoms with E-state index in [0.29, 0.717) is 13.1 Å². The Kier molecular flexibility index (Phi) is 5.02. The van der Waals surface area contributed by atoms with Gasteiger partial charge in [0, 0.05) is 13.1 Å². The molecule has 0 aliphatic heterocycles. The first-order chi connectivity index (χ1) is 9.99. The van der Waals surface area contributed by atoms with E-state index in [4.69, 9.17) is 0 Å². The highest BCUT2D eigenvalue weighted by Crippen LogP contribution is 2.29. The number of hydrogen-bond acceptors (Lipinski definition) is 1. The number of alkyl halides is 3. The average molecular weight is 293 g/mol. The summed E-state index contributed by atoms with van der Waals surface area (Å²) >= 11 is 0. The van der Waals surface area contributed by atoms with Crippen molar-refractivity contribution in [2.75, 3.05) is 0 Å². The largest absolute Gasteiger partial charge is 0.416 e. The van der Waals surface area contributed by atoms with Crippen molar-refractivity contribution in [3.05, 3.63) is 70.8 Å². The van der Waals surface area contributed by atoms with Crippen molar-refractivity contribution in [1.29, 1.82) is 0 Å². The Morgan fingerprint density at radius 1 is 0.762 bits per heavy atom. The van der Waals surface area contributed by atoms with Gasteiger partial charge < -0.3 is 5.32 Å². The van der Waals surface area contributed by atoms with Crippen LogP contribution in [0.25, 0.3) is 0 Å². The first-order valence-electron chi connectivity index (χ1n) is 6.93. The fourth-order valence-corrected chi connectivity index (χ4v) is 2.06. The van der Waals surface area contributed by atoms with Gasteiger partial charge in [-0.3, -0.25) is 0 Å². The van der Waals surface area contributed by atoms with Crippen molar-refractivity contribution in [3.8, 4) is 0 Å². The molecule has 0 atom stereocenters. The second-order valence-electron chi connectivity index (χ2n) is 4.97. The molecule has 2 aromatic carbocycles. The Labute approximate surface area is 122 Å². The van der Waals surface area contributed by atoms with Crippen LogP contribution in [0.15, 0.2) is 48.5 Å². The van der Waals surface area contributed by atoms with Gasteiger partial charge in [0.25, 0.3) is 0 Å². The van der Waals surface area contributed by atoms with E-state index in [-0.39, 0.29) is 0 Å². The van der Waals surface area contributed by atoms with Crippen LogP contribution in [0.3, 0.4) is 0 Å². The minimum atomic E-state index is -4.27. The van der Waals surface area contributed by atoms with E-state index in [2.05, 4.69) is 36.5 Å². The fraction of sp³-hybridized carbons (Fsp3) is 0.294. The van der Waals surface area contributed by atoms with E-state index >= 15 is 0 Å². The summed E-state index contributed by atoms with van der Waals surface area (Å²) in [5.74, 6) is 0. The second-order valence-corrected chi connectivity index (χ2v) is 4.97. The maximum Gasteiger partial charge on any atom is 0.416 e. The highest BCUT2D eigenvalue weighted by atomic mass is 19.4. The van der Waals surface area contributed by atoms with Crippen LogP contribution >= 0.6 is 0 Å². The molecule has 1 N–H and O–H groups in total. The summed E-state index contributed by atoms with van der Waals surface area (Å²) in [6.07, 6.45) is -3.26. The molecule has 0 radical (unpaired) electrons. The minimum Gasteiger partial charge on any atom is -0.309 e. The average Bonchev–Trinajstić information content (AvgIpc) is 2.47. The lowest BCUT2D eigenvalue weighted by molar-refractivity contribution is -0.137. The number of nitrogens with one attached hydrogen (secondary N) is 1. The fourth-order valence-electron chi connectivity index (χ4n) is 2.06. The topological polar surface area (TPSA) is 12.0 Å². The summed E-state index contributed by atoms with van der Waals surface area (Å²) < 4.78 is 37.3. The quantitative estimate of drug-likeness (QED) is 0.852. The molecule has 0 fully saturated rings. The molecule has 0 aliphatic carbocycles. The van der Waals surface area contributed by atoms with Crippen LogP contribution in [0.5, 0.6) is 0 Å². The number of aryl methyl sites for hydroxylation is 1. The maximum absolute atomic E-state index is 12.4. The smallest absolute Gasteiger partial charge is 0.309 e. The van der Waals surface area contributed by atoms with E-state index in [1.807, 2.05) is 0 Å². The minimum absolute atomic E-state index is 0.549. The van der Waals surface area contributed by atoms with Crippen LogP contribution in [-0.2, 0) is 25.7 Å². The lowest BCUT2D eigenvalue weighted by Crippen LogP contribution is -2.13.